The fourth-order valence-electron chi connectivity index (χ4n) is 2.14. The lowest BCUT2D eigenvalue weighted by molar-refractivity contribution is -0.133. The average Bonchev–Trinajstić information content (AvgIpc) is 2.59. The molecule has 1 amide bonds. The van der Waals surface area contributed by atoms with Crippen molar-refractivity contribution in [1.82, 2.24) is 4.90 Å². The molecule has 0 aromatic rings. The van der Waals surface area contributed by atoms with Gasteiger partial charge in [0.2, 0.25) is 5.91 Å². The summed E-state index contributed by atoms with van der Waals surface area (Å²) in [5.74, 6) is 1.46. The molecule has 1 saturated carbocycles. The number of carbonyl (C=O) groups is 1. The Balaban J connectivity index is 1.95. The smallest absolute Gasteiger partial charge is 0.226 e. The molecule has 1 saturated heterocycles. The van der Waals surface area contributed by atoms with Crippen molar-refractivity contribution >= 4 is 5.91 Å². The SMILES string of the molecule is CC1CCCN1C(=O)[C@@H]1C[C@H]1C. The van der Waals surface area contributed by atoms with Crippen LogP contribution >= 0.6 is 0 Å². The van der Waals surface area contributed by atoms with Gasteiger partial charge in [-0.25, -0.2) is 0 Å². The van der Waals surface area contributed by atoms with Crippen LogP contribution in [0.25, 0.3) is 0 Å². The summed E-state index contributed by atoms with van der Waals surface area (Å²) in [6.45, 7) is 5.34. The van der Waals surface area contributed by atoms with Crippen LogP contribution in [0.1, 0.15) is 33.1 Å². The first kappa shape index (κ1) is 8.09. The molecule has 1 aliphatic heterocycles. The van der Waals surface area contributed by atoms with Crippen LogP contribution in [0, 0.1) is 11.8 Å². The number of nitrogens with zero attached hydrogens (tertiary/aromatic N) is 1. The zero-order valence-electron chi connectivity index (χ0n) is 7.92. The molecule has 2 fully saturated rings. The van der Waals surface area contributed by atoms with Crippen LogP contribution in [0.2, 0.25) is 0 Å². The standard InChI is InChI=1S/C10H17NO/c1-7-6-9(7)10(12)11-5-3-4-8(11)2/h7-9H,3-6H2,1-2H3/t7-,8?,9-/m1/s1. The van der Waals surface area contributed by atoms with E-state index in [0.29, 0.717) is 23.8 Å². The third-order valence-corrected chi connectivity index (χ3v) is 3.26. The van der Waals surface area contributed by atoms with Gasteiger partial charge in [0.05, 0.1) is 0 Å². The first-order chi connectivity index (χ1) is 5.70. The minimum Gasteiger partial charge on any atom is -0.340 e. The number of amides is 1. The van der Waals surface area contributed by atoms with Crippen LogP contribution in [-0.4, -0.2) is 23.4 Å². The van der Waals surface area contributed by atoms with E-state index in [2.05, 4.69) is 18.7 Å². The monoisotopic (exact) mass is 167 g/mol. The summed E-state index contributed by atoms with van der Waals surface area (Å²) >= 11 is 0. The Hall–Kier alpha value is -0.530. The molecule has 1 unspecified atom stereocenters. The molecular formula is C10H17NO. The molecule has 0 spiro atoms. The molecule has 68 valence electrons. The van der Waals surface area contributed by atoms with Gasteiger partial charge < -0.3 is 4.90 Å². The maximum absolute atomic E-state index is 11.8. The number of carbonyl (C=O) groups excluding carboxylic acids is 1. The molecule has 2 aliphatic rings. The molecule has 1 heterocycles. The van der Waals surface area contributed by atoms with Crippen LogP contribution in [0.15, 0.2) is 0 Å². The predicted octanol–water partition coefficient (Wildman–Crippen LogP) is 1.65. The quantitative estimate of drug-likeness (QED) is 0.581. The van der Waals surface area contributed by atoms with E-state index in [1.165, 1.54) is 12.8 Å². The van der Waals surface area contributed by atoms with Gasteiger partial charge in [0, 0.05) is 18.5 Å². The highest BCUT2D eigenvalue weighted by atomic mass is 16.2. The molecule has 2 heteroatoms. The highest BCUT2D eigenvalue weighted by Crippen LogP contribution is 2.40. The summed E-state index contributed by atoms with van der Waals surface area (Å²) in [4.78, 5) is 13.8. The summed E-state index contributed by atoms with van der Waals surface area (Å²) in [7, 11) is 0. The Morgan fingerprint density at radius 3 is 2.50 bits per heavy atom. The van der Waals surface area contributed by atoms with E-state index in [1.54, 1.807) is 0 Å². The lowest BCUT2D eigenvalue weighted by Gasteiger charge is -2.21. The van der Waals surface area contributed by atoms with Gasteiger partial charge in [0.25, 0.3) is 0 Å². The van der Waals surface area contributed by atoms with Gasteiger partial charge in [-0.15, -0.1) is 0 Å². The predicted molar refractivity (Wildman–Crippen MR) is 47.7 cm³/mol. The normalized spacial score (nSPS) is 40.2. The summed E-state index contributed by atoms with van der Waals surface area (Å²) < 4.78 is 0. The third kappa shape index (κ3) is 1.23. The van der Waals surface area contributed by atoms with E-state index < -0.39 is 0 Å². The Morgan fingerprint density at radius 2 is 2.08 bits per heavy atom. The minimum absolute atomic E-state index is 0.380. The van der Waals surface area contributed by atoms with Crippen LogP contribution in [-0.2, 0) is 4.79 Å². The topological polar surface area (TPSA) is 20.3 Å². The van der Waals surface area contributed by atoms with E-state index in [9.17, 15) is 4.79 Å². The fraction of sp³-hybridized carbons (Fsp3) is 0.900. The first-order valence-electron chi connectivity index (χ1n) is 5.00. The van der Waals surface area contributed by atoms with Crippen LogP contribution in [0.3, 0.4) is 0 Å². The lowest BCUT2D eigenvalue weighted by Crippen LogP contribution is -2.35. The summed E-state index contributed by atoms with van der Waals surface area (Å²) in [6.07, 6.45) is 3.53. The molecule has 0 radical (unpaired) electrons. The summed E-state index contributed by atoms with van der Waals surface area (Å²) in [6, 6.07) is 0.505. The van der Waals surface area contributed by atoms with Gasteiger partial charge in [-0.2, -0.15) is 0 Å². The summed E-state index contributed by atoms with van der Waals surface area (Å²) in [5, 5.41) is 0. The van der Waals surface area contributed by atoms with Crippen LogP contribution < -0.4 is 0 Å². The summed E-state index contributed by atoms with van der Waals surface area (Å²) in [5.41, 5.74) is 0. The van der Waals surface area contributed by atoms with Crippen molar-refractivity contribution < 1.29 is 4.79 Å². The van der Waals surface area contributed by atoms with Crippen molar-refractivity contribution in [2.75, 3.05) is 6.54 Å². The number of rotatable bonds is 1. The average molecular weight is 167 g/mol. The maximum Gasteiger partial charge on any atom is 0.226 e. The molecule has 12 heavy (non-hydrogen) atoms. The number of hydrogen-bond donors (Lipinski definition) is 0. The number of likely N-dealkylation sites (tertiary alicyclic amines) is 1. The van der Waals surface area contributed by atoms with Gasteiger partial charge in [0.1, 0.15) is 0 Å². The lowest BCUT2D eigenvalue weighted by atomic mass is 10.2. The fourth-order valence-corrected chi connectivity index (χ4v) is 2.14. The molecule has 3 atom stereocenters. The molecule has 2 nitrogen and oxygen atoms in total. The van der Waals surface area contributed by atoms with Crippen molar-refractivity contribution in [2.45, 2.75) is 39.2 Å². The van der Waals surface area contributed by atoms with Gasteiger partial charge in [-0.05, 0) is 32.1 Å². The zero-order valence-corrected chi connectivity index (χ0v) is 7.92. The second-order valence-electron chi connectivity index (χ2n) is 4.34. The molecular weight excluding hydrogens is 150 g/mol. The molecule has 2 rings (SSSR count). The Kier molecular flexibility index (Phi) is 1.85. The van der Waals surface area contributed by atoms with E-state index in [0.717, 1.165) is 13.0 Å². The molecule has 0 bridgehead atoms. The van der Waals surface area contributed by atoms with E-state index >= 15 is 0 Å². The van der Waals surface area contributed by atoms with Gasteiger partial charge in [-0.1, -0.05) is 6.92 Å². The van der Waals surface area contributed by atoms with Crippen LogP contribution in [0.4, 0.5) is 0 Å². The maximum atomic E-state index is 11.8. The van der Waals surface area contributed by atoms with Crippen molar-refractivity contribution in [3.8, 4) is 0 Å². The highest BCUT2D eigenvalue weighted by molar-refractivity contribution is 5.82. The Bertz CT molecular complexity index is 202. The molecule has 0 N–H and O–H groups in total. The van der Waals surface area contributed by atoms with Crippen molar-refractivity contribution in [3.63, 3.8) is 0 Å². The molecule has 0 aromatic heterocycles. The van der Waals surface area contributed by atoms with E-state index in [4.69, 9.17) is 0 Å². The first-order valence-corrected chi connectivity index (χ1v) is 5.00. The molecule has 1 aliphatic carbocycles. The second-order valence-corrected chi connectivity index (χ2v) is 4.34. The van der Waals surface area contributed by atoms with Gasteiger partial charge in [0.15, 0.2) is 0 Å². The largest absolute Gasteiger partial charge is 0.340 e. The Morgan fingerprint density at radius 1 is 1.42 bits per heavy atom. The van der Waals surface area contributed by atoms with Crippen molar-refractivity contribution in [1.29, 1.82) is 0 Å². The van der Waals surface area contributed by atoms with Gasteiger partial charge >= 0.3 is 0 Å². The van der Waals surface area contributed by atoms with E-state index in [1.807, 2.05) is 0 Å². The van der Waals surface area contributed by atoms with Crippen LogP contribution in [0.5, 0.6) is 0 Å². The van der Waals surface area contributed by atoms with E-state index in [-0.39, 0.29) is 0 Å². The van der Waals surface area contributed by atoms with Crippen molar-refractivity contribution in [3.05, 3.63) is 0 Å². The Labute approximate surface area is 73.9 Å². The minimum atomic E-state index is 0.380. The number of hydrogen-bond acceptors (Lipinski definition) is 1. The molecule has 0 aromatic carbocycles. The zero-order chi connectivity index (χ0) is 8.72. The second kappa shape index (κ2) is 2.75. The third-order valence-electron chi connectivity index (χ3n) is 3.26. The van der Waals surface area contributed by atoms with Crippen molar-refractivity contribution in [2.24, 2.45) is 11.8 Å². The highest BCUT2D eigenvalue weighted by Gasteiger charge is 2.43. The van der Waals surface area contributed by atoms with Gasteiger partial charge in [-0.3, -0.25) is 4.79 Å².